The van der Waals surface area contributed by atoms with Gasteiger partial charge in [-0.1, -0.05) is 23.8 Å². The Hall–Kier alpha value is -4.07. The number of aryl methyl sites for hydroxylation is 2. The number of aromatic amines is 2. The molecule has 3 N–H and O–H groups in total. The van der Waals surface area contributed by atoms with Crippen LogP contribution in [0.5, 0.6) is 6.08 Å². The Morgan fingerprint density at radius 2 is 1.97 bits per heavy atom. The molecule has 0 bridgehead atoms. The van der Waals surface area contributed by atoms with Gasteiger partial charge in [-0.15, -0.1) is 5.10 Å². The summed E-state index contributed by atoms with van der Waals surface area (Å²) in [7, 11) is 0. The summed E-state index contributed by atoms with van der Waals surface area (Å²) in [5.74, 6) is 1.24. The molecule has 0 fully saturated rings. The summed E-state index contributed by atoms with van der Waals surface area (Å²) in [4.78, 5) is 11.3. The molecule has 5 aromatic rings. The first kappa shape index (κ1) is 19.9. The van der Waals surface area contributed by atoms with E-state index < -0.39 is 0 Å². The molecule has 5 rings (SSSR count). The Bertz CT molecular complexity index is 1390. The first-order chi connectivity index (χ1) is 15.5. The Morgan fingerprint density at radius 3 is 2.81 bits per heavy atom. The summed E-state index contributed by atoms with van der Waals surface area (Å²) in [5, 5.41) is 12.6. The summed E-state index contributed by atoms with van der Waals surface area (Å²) in [6, 6.07) is 13.9. The van der Waals surface area contributed by atoms with Crippen LogP contribution in [-0.2, 0) is 0 Å². The predicted octanol–water partition coefficient (Wildman–Crippen LogP) is 4.95. The molecular formula is C24H24N6O2. The zero-order valence-electron chi connectivity index (χ0n) is 18.2. The summed E-state index contributed by atoms with van der Waals surface area (Å²) in [5.41, 5.74) is 6.89. The number of nitrogens with zero attached hydrogens (tertiary/aromatic N) is 3. The zero-order valence-corrected chi connectivity index (χ0v) is 18.2. The number of nitrogens with one attached hydrogen (secondary N) is 3. The molecule has 8 nitrogen and oxygen atoms in total. The molecule has 0 saturated heterocycles. The predicted molar refractivity (Wildman–Crippen MR) is 123 cm³/mol. The van der Waals surface area contributed by atoms with Gasteiger partial charge >= 0.3 is 6.08 Å². The van der Waals surface area contributed by atoms with Crippen molar-refractivity contribution >= 4 is 21.9 Å². The molecule has 0 saturated carbocycles. The van der Waals surface area contributed by atoms with Crippen LogP contribution >= 0.6 is 0 Å². The van der Waals surface area contributed by atoms with Gasteiger partial charge in [0.1, 0.15) is 12.4 Å². The van der Waals surface area contributed by atoms with Crippen LogP contribution < -0.4 is 10.1 Å². The van der Waals surface area contributed by atoms with Crippen LogP contribution in [0.2, 0.25) is 0 Å². The molecule has 0 amide bonds. The molecule has 8 heteroatoms. The lowest BCUT2D eigenvalue weighted by Crippen LogP contribution is -2.22. The van der Waals surface area contributed by atoms with E-state index in [0.717, 1.165) is 39.0 Å². The third-order valence-electron chi connectivity index (χ3n) is 5.57. The number of hydrogen-bond donors (Lipinski definition) is 3. The molecule has 0 spiro atoms. The van der Waals surface area contributed by atoms with Crippen molar-refractivity contribution in [3.05, 3.63) is 71.8 Å². The highest BCUT2D eigenvalue weighted by Crippen LogP contribution is 2.28. The van der Waals surface area contributed by atoms with Gasteiger partial charge in [0.2, 0.25) is 0 Å². The number of H-pyrrole nitrogens is 2. The molecule has 0 aliphatic carbocycles. The van der Waals surface area contributed by atoms with Gasteiger partial charge in [-0.25, -0.2) is 4.98 Å². The van der Waals surface area contributed by atoms with Gasteiger partial charge in [-0.3, -0.25) is 0 Å². The minimum atomic E-state index is -0.0588. The fraction of sp³-hybridized carbons (Fsp3) is 0.208. The second-order valence-corrected chi connectivity index (χ2v) is 7.91. The largest absolute Gasteiger partial charge is 0.443 e. The Labute approximate surface area is 184 Å². The van der Waals surface area contributed by atoms with Crippen molar-refractivity contribution in [3.8, 4) is 17.5 Å². The fourth-order valence-corrected chi connectivity index (χ4v) is 3.72. The number of para-hydroxylation sites is 2. The van der Waals surface area contributed by atoms with E-state index in [-0.39, 0.29) is 18.7 Å². The van der Waals surface area contributed by atoms with Crippen molar-refractivity contribution < 1.29 is 9.15 Å². The smallest absolute Gasteiger partial charge is 0.415 e. The SMILES string of the molecule is C=C(COc1nnc(-c2ccc3[nH]c(C)c(C)c3c2)o1)NC(C)c1nc2ccccc2[nH]1. The quantitative estimate of drug-likeness (QED) is 0.339. The normalized spacial score (nSPS) is 12.3. The number of imidazole rings is 1. The topological polar surface area (TPSA) is 105 Å². The summed E-state index contributed by atoms with van der Waals surface area (Å²) < 4.78 is 11.3. The maximum Gasteiger partial charge on any atom is 0.415 e. The van der Waals surface area contributed by atoms with Gasteiger partial charge in [0.15, 0.2) is 0 Å². The van der Waals surface area contributed by atoms with Crippen molar-refractivity contribution in [2.24, 2.45) is 0 Å². The third-order valence-corrected chi connectivity index (χ3v) is 5.57. The fourth-order valence-electron chi connectivity index (χ4n) is 3.72. The summed E-state index contributed by atoms with van der Waals surface area (Å²) in [6.45, 7) is 10.4. The standard InChI is InChI=1S/C24H24N6O2/c1-13(25-16(4)22-27-20-7-5-6-8-21(20)28-22)12-31-24-30-29-23(32-24)17-9-10-19-18(11-17)14(2)15(3)26-19/h5-11,16,25-26H,1,12H2,2-4H3,(H,27,28). The van der Waals surface area contributed by atoms with Crippen molar-refractivity contribution in [2.45, 2.75) is 26.8 Å². The van der Waals surface area contributed by atoms with Crippen LogP contribution in [0.4, 0.5) is 0 Å². The van der Waals surface area contributed by atoms with E-state index in [0.29, 0.717) is 11.6 Å². The van der Waals surface area contributed by atoms with Gasteiger partial charge < -0.3 is 24.4 Å². The van der Waals surface area contributed by atoms with Gasteiger partial charge in [-0.05, 0) is 56.7 Å². The van der Waals surface area contributed by atoms with Crippen LogP contribution in [0, 0.1) is 13.8 Å². The van der Waals surface area contributed by atoms with Gasteiger partial charge in [0.05, 0.1) is 17.1 Å². The monoisotopic (exact) mass is 428 g/mol. The van der Waals surface area contributed by atoms with Crippen molar-refractivity contribution in [1.82, 2.24) is 30.5 Å². The van der Waals surface area contributed by atoms with Crippen molar-refractivity contribution in [2.75, 3.05) is 6.61 Å². The van der Waals surface area contributed by atoms with E-state index in [4.69, 9.17) is 9.15 Å². The third kappa shape index (κ3) is 3.71. The molecule has 1 atom stereocenters. The number of hydrogen-bond acceptors (Lipinski definition) is 6. The number of aromatic nitrogens is 5. The maximum absolute atomic E-state index is 5.70. The van der Waals surface area contributed by atoms with Crippen molar-refractivity contribution in [3.63, 3.8) is 0 Å². The Balaban J connectivity index is 1.22. The molecule has 0 aliphatic heterocycles. The molecule has 1 unspecified atom stereocenters. The van der Waals surface area contributed by atoms with Crippen LogP contribution in [-0.4, -0.2) is 31.8 Å². The second kappa shape index (κ2) is 7.88. The lowest BCUT2D eigenvalue weighted by atomic mass is 10.1. The molecule has 0 radical (unpaired) electrons. The highest BCUT2D eigenvalue weighted by Gasteiger charge is 2.14. The highest BCUT2D eigenvalue weighted by atomic mass is 16.6. The lowest BCUT2D eigenvalue weighted by Gasteiger charge is -2.14. The average molecular weight is 428 g/mol. The van der Waals surface area contributed by atoms with Gasteiger partial charge in [0.25, 0.3) is 5.89 Å². The maximum atomic E-state index is 5.70. The van der Waals surface area contributed by atoms with E-state index in [1.54, 1.807) is 0 Å². The van der Waals surface area contributed by atoms with Crippen LogP contribution in [0.25, 0.3) is 33.4 Å². The summed E-state index contributed by atoms with van der Waals surface area (Å²) in [6.07, 6.45) is 0.0985. The average Bonchev–Trinajstić information content (AvgIpc) is 3.50. The van der Waals surface area contributed by atoms with E-state index in [1.165, 1.54) is 5.56 Å². The molecule has 3 heterocycles. The van der Waals surface area contributed by atoms with Crippen LogP contribution in [0.1, 0.15) is 30.0 Å². The number of rotatable bonds is 7. The zero-order chi connectivity index (χ0) is 22.2. The second-order valence-electron chi connectivity index (χ2n) is 7.91. The van der Waals surface area contributed by atoms with Gasteiger partial charge in [0, 0.05) is 27.9 Å². The molecule has 2 aromatic carbocycles. The first-order valence-corrected chi connectivity index (χ1v) is 10.4. The minimum absolute atomic E-state index is 0.0588. The van der Waals surface area contributed by atoms with Crippen molar-refractivity contribution in [1.29, 1.82) is 0 Å². The minimum Gasteiger partial charge on any atom is -0.443 e. The number of fused-ring (bicyclic) bond motifs is 2. The van der Waals surface area contributed by atoms with Crippen LogP contribution in [0.3, 0.4) is 0 Å². The number of benzene rings is 2. The van der Waals surface area contributed by atoms with Crippen LogP contribution in [0.15, 0.2) is 59.2 Å². The van der Waals surface area contributed by atoms with Gasteiger partial charge in [-0.2, -0.15) is 0 Å². The van der Waals surface area contributed by atoms with E-state index >= 15 is 0 Å². The first-order valence-electron chi connectivity index (χ1n) is 10.4. The Morgan fingerprint density at radius 1 is 1.12 bits per heavy atom. The molecule has 162 valence electrons. The van der Waals surface area contributed by atoms with E-state index in [1.807, 2.05) is 49.4 Å². The van der Waals surface area contributed by atoms with E-state index in [2.05, 4.69) is 50.9 Å². The molecule has 0 aliphatic rings. The molecule has 32 heavy (non-hydrogen) atoms. The van der Waals surface area contributed by atoms with E-state index in [9.17, 15) is 0 Å². The summed E-state index contributed by atoms with van der Waals surface area (Å²) >= 11 is 0. The molecule has 3 aromatic heterocycles. The Kier molecular flexibility index (Phi) is 4.89. The molecular weight excluding hydrogens is 404 g/mol. The number of ether oxygens (including phenoxy) is 1. The lowest BCUT2D eigenvalue weighted by molar-refractivity contribution is 0.248. The highest BCUT2D eigenvalue weighted by molar-refractivity contribution is 5.87.